The van der Waals surface area contributed by atoms with Gasteiger partial charge in [-0.05, 0) is 41.7 Å². The standard InChI is InChI=1S/C20H17Cl2NO2/c1-25-20(24)16-7-3-6-14-12-4-2-5-13(12)18(23-19(14)16)15-9-8-11(21)10-17(15)22/h2-4,6-10,12-13,18,23H,5H2,1H3/t12-,13+,18-/m1/s1. The van der Waals surface area contributed by atoms with Crippen LogP contribution in [0.5, 0.6) is 0 Å². The average molecular weight is 374 g/mol. The van der Waals surface area contributed by atoms with Crippen molar-refractivity contribution in [3.8, 4) is 0 Å². The summed E-state index contributed by atoms with van der Waals surface area (Å²) in [6.45, 7) is 0. The first-order valence-electron chi connectivity index (χ1n) is 8.19. The van der Waals surface area contributed by atoms with E-state index in [-0.39, 0.29) is 17.9 Å². The number of nitrogens with one attached hydrogen (secondary N) is 1. The fraction of sp³-hybridized carbons (Fsp3) is 0.250. The molecule has 0 radical (unpaired) electrons. The van der Waals surface area contributed by atoms with E-state index in [9.17, 15) is 4.79 Å². The van der Waals surface area contributed by atoms with Crippen LogP contribution in [0.3, 0.4) is 0 Å². The molecule has 0 aromatic heterocycles. The highest BCUT2D eigenvalue weighted by Gasteiger charge is 2.40. The van der Waals surface area contributed by atoms with E-state index in [0.717, 1.165) is 23.2 Å². The zero-order valence-corrected chi connectivity index (χ0v) is 15.1. The van der Waals surface area contributed by atoms with Crippen molar-refractivity contribution in [1.82, 2.24) is 0 Å². The molecule has 0 saturated carbocycles. The molecule has 2 aliphatic rings. The zero-order chi connectivity index (χ0) is 17.6. The Balaban J connectivity index is 1.84. The lowest BCUT2D eigenvalue weighted by atomic mass is 9.76. The number of esters is 1. The molecule has 0 bridgehead atoms. The summed E-state index contributed by atoms with van der Waals surface area (Å²) < 4.78 is 4.95. The Morgan fingerprint density at radius 1 is 1.20 bits per heavy atom. The minimum Gasteiger partial charge on any atom is -0.465 e. The summed E-state index contributed by atoms with van der Waals surface area (Å²) in [6, 6.07) is 11.3. The molecule has 25 heavy (non-hydrogen) atoms. The van der Waals surface area contributed by atoms with Crippen molar-refractivity contribution in [3.05, 3.63) is 75.3 Å². The van der Waals surface area contributed by atoms with Crippen molar-refractivity contribution in [3.63, 3.8) is 0 Å². The molecule has 0 spiro atoms. The number of halogens is 2. The summed E-state index contributed by atoms with van der Waals surface area (Å²) in [4.78, 5) is 12.2. The second-order valence-electron chi connectivity index (χ2n) is 6.40. The van der Waals surface area contributed by atoms with Crippen LogP contribution >= 0.6 is 23.2 Å². The first-order valence-corrected chi connectivity index (χ1v) is 8.95. The maximum Gasteiger partial charge on any atom is 0.339 e. The molecular weight excluding hydrogens is 357 g/mol. The van der Waals surface area contributed by atoms with E-state index in [1.807, 2.05) is 18.2 Å². The molecule has 1 aliphatic heterocycles. The number of carbonyl (C=O) groups is 1. The Labute approximate surface area is 156 Å². The van der Waals surface area contributed by atoms with Gasteiger partial charge in [-0.25, -0.2) is 4.79 Å². The van der Waals surface area contributed by atoms with Gasteiger partial charge in [-0.15, -0.1) is 0 Å². The highest BCUT2D eigenvalue weighted by molar-refractivity contribution is 6.35. The predicted octanol–water partition coefficient (Wildman–Crippen LogP) is 5.61. The van der Waals surface area contributed by atoms with Crippen LogP contribution in [0.15, 0.2) is 48.6 Å². The second-order valence-corrected chi connectivity index (χ2v) is 7.25. The largest absolute Gasteiger partial charge is 0.465 e. The summed E-state index contributed by atoms with van der Waals surface area (Å²) in [5, 5.41) is 4.81. The van der Waals surface area contributed by atoms with E-state index in [2.05, 4.69) is 23.5 Å². The molecule has 3 atom stereocenters. The summed E-state index contributed by atoms with van der Waals surface area (Å²) >= 11 is 12.5. The van der Waals surface area contributed by atoms with Crippen LogP contribution < -0.4 is 5.32 Å². The van der Waals surface area contributed by atoms with Gasteiger partial charge in [0, 0.05) is 16.0 Å². The predicted molar refractivity (Wildman–Crippen MR) is 101 cm³/mol. The number of allylic oxidation sites excluding steroid dienone is 2. The Hall–Kier alpha value is -1.97. The second kappa shape index (κ2) is 6.40. The Morgan fingerprint density at radius 3 is 2.80 bits per heavy atom. The lowest BCUT2D eigenvalue weighted by molar-refractivity contribution is 0.0601. The Kier molecular flexibility index (Phi) is 4.22. The van der Waals surface area contributed by atoms with Gasteiger partial charge >= 0.3 is 5.97 Å². The summed E-state index contributed by atoms with van der Waals surface area (Å²) in [5.41, 5.74) is 3.50. The number of fused-ring (bicyclic) bond motifs is 3. The van der Waals surface area contributed by atoms with E-state index >= 15 is 0 Å². The van der Waals surface area contributed by atoms with E-state index in [1.54, 1.807) is 12.1 Å². The highest BCUT2D eigenvalue weighted by atomic mass is 35.5. The van der Waals surface area contributed by atoms with E-state index in [0.29, 0.717) is 21.5 Å². The third kappa shape index (κ3) is 2.72. The van der Waals surface area contributed by atoms with Gasteiger partial charge in [0.1, 0.15) is 0 Å². The van der Waals surface area contributed by atoms with Crippen molar-refractivity contribution < 1.29 is 9.53 Å². The van der Waals surface area contributed by atoms with Gasteiger partial charge in [-0.3, -0.25) is 0 Å². The molecule has 3 nitrogen and oxygen atoms in total. The van der Waals surface area contributed by atoms with Crippen LogP contribution in [0.2, 0.25) is 10.0 Å². The topological polar surface area (TPSA) is 38.3 Å². The number of benzene rings is 2. The molecule has 2 aromatic rings. The third-order valence-corrected chi connectivity index (χ3v) is 5.66. The van der Waals surface area contributed by atoms with Crippen molar-refractivity contribution in [1.29, 1.82) is 0 Å². The number of hydrogen-bond donors (Lipinski definition) is 1. The van der Waals surface area contributed by atoms with E-state index in [4.69, 9.17) is 27.9 Å². The van der Waals surface area contributed by atoms with Gasteiger partial charge < -0.3 is 10.1 Å². The number of methoxy groups -OCH3 is 1. The number of para-hydroxylation sites is 1. The molecule has 1 heterocycles. The molecule has 0 unspecified atom stereocenters. The number of rotatable bonds is 2. The first kappa shape index (κ1) is 16.5. The fourth-order valence-corrected chi connectivity index (χ4v) is 4.49. The number of ether oxygens (including phenoxy) is 1. The smallest absolute Gasteiger partial charge is 0.339 e. The van der Waals surface area contributed by atoms with E-state index in [1.165, 1.54) is 7.11 Å². The molecule has 0 fully saturated rings. The van der Waals surface area contributed by atoms with Crippen molar-refractivity contribution >= 4 is 34.9 Å². The average Bonchev–Trinajstić information content (AvgIpc) is 3.10. The van der Waals surface area contributed by atoms with Crippen LogP contribution in [0.1, 0.15) is 39.9 Å². The number of anilines is 1. The van der Waals surface area contributed by atoms with Gasteiger partial charge in [-0.2, -0.15) is 0 Å². The molecule has 0 saturated heterocycles. The minimum atomic E-state index is -0.342. The van der Waals surface area contributed by atoms with Crippen molar-refractivity contribution in [2.75, 3.05) is 12.4 Å². The molecular formula is C20H17Cl2NO2. The minimum absolute atomic E-state index is 0.00285. The normalized spacial score (nSPS) is 23.6. The molecule has 1 N–H and O–H groups in total. The lowest BCUT2D eigenvalue weighted by Gasteiger charge is -2.38. The van der Waals surface area contributed by atoms with Gasteiger partial charge in [0.25, 0.3) is 0 Å². The Bertz CT molecular complexity index is 878. The van der Waals surface area contributed by atoms with E-state index < -0.39 is 0 Å². The number of hydrogen-bond acceptors (Lipinski definition) is 3. The van der Waals surface area contributed by atoms with Gasteiger partial charge in [-0.1, -0.05) is 53.6 Å². The molecule has 5 heteroatoms. The van der Waals surface area contributed by atoms with Gasteiger partial charge in [0.2, 0.25) is 0 Å². The van der Waals surface area contributed by atoms with Crippen LogP contribution in [-0.4, -0.2) is 13.1 Å². The van der Waals surface area contributed by atoms with Gasteiger partial charge in [0.05, 0.1) is 24.4 Å². The van der Waals surface area contributed by atoms with Crippen LogP contribution in [0.4, 0.5) is 5.69 Å². The maximum atomic E-state index is 12.2. The highest BCUT2D eigenvalue weighted by Crippen LogP contribution is 2.51. The van der Waals surface area contributed by atoms with Crippen LogP contribution in [0, 0.1) is 5.92 Å². The zero-order valence-electron chi connectivity index (χ0n) is 13.6. The van der Waals surface area contributed by atoms with Crippen molar-refractivity contribution in [2.45, 2.75) is 18.4 Å². The SMILES string of the molecule is COC(=O)c1cccc2c1N[C@@H](c1ccc(Cl)cc1Cl)[C@H]1CC=C[C@@H]21. The number of carbonyl (C=O) groups excluding carboxylic acids is 1. The first-order chi connectivity index (χ1) is 12.1. The molecule has 0 amide bonds. The van der Waals surface area contributed by atoms with Crippen molar-refractivity contribution in [2.24, 2.45) is 5.92 Å². The summed E-state index contributed by atoms with van der Waals surface area (Å²) in [6.07, 6.45) is 5.39. The molecule has 4 rings (SSSR count). The maximum absolute atomic E-state index is 12.2. The molecule has 2 aromatic carbocycles. The quantitative estimate of drug-likeness (QED) is 0.549. The monoisotopic (exact) mass is 373 g/mol. The fourth-order valence-electron chi connectivity index (χ4n) is 3.96. The third-order valence-electron chi connectivity index (χ3n) is 5.10. The molecule has 1 aliphatic carbocycles. The summed E-state index contributed by atoms with van der Waals surface area (Å²) in [7, 11) is 1.40. The molecule has 128 valence electrons. The Morgan fingerprint density at radius 2 is 2.04 bits per heavy atom. The van der Waals surface area contributed by atoms with Gasteiger partial charge in [0.15, 0.2) is 0 Å². The van der Waals surface area contributed by atoms with Crippen LogP contribution in [0.25, 0.3) is 0 Å². The summed E-state index contributed by atoms with van der Waals surface area (Å²) in [5.74, 6) is 0.252. The lowest BCUT2D eigenvalue weighted by Crippen LogP contribution is -2.30. The van der Waals surface area contributed by atoms with Crippen LogP contribution in [-0.2, 0) is 4.74 Å².